The third-order valence-corrected chi connectivity index (χ3v) is 7.31. The van der Waals surface area contributed by atoms with Gasteiger partial charge in [-0.1, -0.05) is 168 Å². The number of hydrogen-bond acceptors (Lipinski definition) is 3. The highest BCUT2D eigenvalue weighted by Crippen LogP contribution is 2.24. The lowest BCUT2D eigenvalue weighted by Crippen LogP contribution is -2.08. The van der Waals surface area contributed by atoms with Gasteiger partial charge in [0, 0.05) is 6.42 Å². The molecule has 0 fully saturated rings. The lowest BCUT2D eigenvalue weighted by Gasteiger charge is -2.17. The highest BCUT2D eigenvalue weighted by atomic mass is 16.7. The molecule has 3 heteroatoms. The van der Waals surface area contributed by atoms with Crippen LogP contribution >= 0.6 is 0 Å². The zero-order chi connectivity index (χ0) is 24.2. The average molecular weight is 468 g/mol. The van der Waals surface area contributed by atoms with E-state index < -0.39 is 0 Å². The zero-order valence-corrected chi connectivity index (χ0v) is 22.9. The Balaban J connectivity index is 3.71. The fourth-order valence-electron chi connectivity index (χ4n) is 5.04. The normalized spacial score (nSPS) is 12.2. The van der Waals surface area contributed by atoms with Gasteiger partial charge in [-0.05, 0) is 12.3 Å². The van der Waals surface area contributed by atoms with Crippen molar-refractivity contribution in [3.05, 3.63) is 0 Å². The van der Waals surface area contributed by atoms with E-state index in [1.807, 2.05) is 0 Å². The molecule has 0 amide bonds. The minimum Gasteiger partial charge on any atom is -0.373 e. The fraction of sp³-hybridized carbons (Fsp3) is 0.967. The molecule has 0 spiro atoms. The Kier molecular flexibility index (Phi) is 27.2. The highest BCUT2D eigenvalue weighted by molar-refractivity contribution is 5.68. The van der Waals surface area contributed by atoms with Crippen LogP contribution in [0.2, 0.25) is 0 Å². The van der Waals surface area contributed by atoms with Gasteiger partial charge in [0.1, 0.15) is 0 Å². The molecule has 33 heavy (non-hydrogen) atoms. The van der Waals surface area contributed by atoms with Crippen LogP contribution in [0.3, 0.4) is 0 Å². The molecule has 0 bridgehead atoms. The van der Waals surface area contributed by atoms with E-state index in [2.05, 4.69) is 18.7 Å². The Morgan fingerprint density at radius 1 is 0.515 bits per heavy atom. The van der Waals surface area contributed by atoms with Crippen molar-refractivity contribution >= 4 is 5.97 Å². The van der Waals surface area contributed by atoms with Gasteiger partial charge in [0.2, 0.25) is 0 Å². The van der Waals surface area contributed by atoms with Crippen molar-refractivity contribution in [3.63, 3.8) is 0 Å². The molecule has 0 aromatic heterocycles. The molecule has 0 aliphatic carbocycles. The monoisotopic (exact) mass is 467 g/mol. The van der Waals surface area contributed by atoms with E-state index in [4.69, 9.17) is 5.90 Å². The summed E-state index contributed by atoms with van der Waals surface area (Å²) in [5.41, 5.74) is 0. The van der Waals surface area contributed by atoms with Gasteiger partial charge in [-0.3, -0.25) is 4.79 Å². The summed E-state index contributed by atoms with van der Waals surface area (Å²) in [6.07, 6.45) is 35.1. The smallest absolute Gasteiger partial charge is 0.324 e. The predicted molar refractivity (Wildman–Crippen MR) is 145 cm³/mol. The SMILES string of the molecule is CCCCCCCCCCCCC(CCCCCC)CCCCCCCCCCC(=O)ON. The van der Waals surface area contributed by atoms with Crippen molar-refractivity contribution in [2.45, 2.75) is 181 Å². The maximum atomic E-state index is 11.0. The van der Waals surface area contributed by atoms with E-state index >= 15 is 0 Å². The van der Waals surface area contributed by atoms with Crippen LogP contribution in [0.15, 0.2) is 0 Å². The summed E-state index contributed by atoms with van der Waals surface area (Å²) in [5, 5.41) is 0. The van der Waals surface area contributed by atoms with Gasteiger partial charge in [0.05, 0.1) is 0 Å². The Labute approximate surface area is 208 Å². The van der Waals surface area contributed by atoms with Gasteiger partial charge in [-0.25, -0.2) is 0 Å². The van der Waals surface area contributed by atoms with Crippen LogP contribution in [0.4, 0.5) is 0 Å². The number of carbonyl (C=O) groups excluding carboxylic acids is 1. The molecule has 3 nitrogen and oxygen atoms in total. The van der Waals surface area contributed by atoms with Crippen molar-refractivity contribution < 1.29 is 9.63 Å². The maximum Gasteiger partial charge on any atom is 0.324 e. The molecule has 0 radical (unpaired) electrons. The van der Waals surface area contributed by atoms with Crippen LogP contribution in [0, 0.1) is 5.92 Å². The molecule has 0 rings (SSSR count). The second-order valence-corrected chi connectivity index (χ2v) is 10.5. The molecule has 198 valence electrons. The first kappa shape index (κ1) is 32.4. The summed E-state index contributed by atoms with van der Waals surface area (Å²) < 4.78 is 0. The van der Waals surface area contributed by atoms with E-state index in [9.17, 15) is 4.79 Å². The summed E-state index contributed by atoms with van der Waals surface area (Å²) in [6.45, 7) is 4.61. The summed E-state index contributed by atoms with van der Waals surface area (Å²) in [4.78, 5) is 15.2. The standard InChI is InChI=1S/C30H61NO2/c1-3-5-7-9-10-11-12-15-18-22-26-29(25-21-8-6-4-2)27-23-19-16-13-14-17-20-24-28-30(32)33-31/h29H,3-28,31H2,1-2H3. The summed E-state index contributed by atoms with van der Waals surface area (Å²) in [5.74, 6) is 5.57. The van der Waals surface area contributed by atoms with Gasteiger partial charge in [0.25, 0.3) is 0 Å². The largest absolute Gasteiger partial charge is 0.373 e. The Hall–Kier alpha value is -0.570. The molecule has 0 aliphatic heterocycles. The minimum absolute atomic E-state index is 0.281. The number of unbranched alkanes of at least 4 members (excludes halogenated alkanes) is 19. The van der Waals surface area contributed by atoms with Crippen molar-refractivity contribution in [2.24, 2.45) is 11.8 Å². The van der Waals surface area contributed by atoms with Gasteiger partial charge in [-0.2, -0.15) is 5.90 Å². The van der Waals surface area contributed by atoms with E-state index in [0.717, 1.165) is 18.8 Å². The number of rotatable bonds is 27. The topological polar surface area (TPSA) is 52.3 Å². The number of hydrogen-bond donors (Lipinski definition) is 1. The van der Waals surface area contributed by atoms with Crippen LogP contribution in [-0.4, -0.2) is 5.97 Å². The third-order valence-electron chi connectivity index (χ3n) is 7.31. The summed E-state index contributed by atoms with van der Waals surface area (Å²) in [6, 6.07) is 0. The number of nitrogens with two attached hydrogens (primary N) is 1. The van der Waals surface area contributed by atoms with Crippen molar-refractivity contribution in [2.75, 3.05) is 0 Å². The molecule has 0 saturated heterocycles. The highest BCUT2D eigenvalue weighted by Gasteiger charge is 2.08. The lowest BCUT2D eigenvalue weighted by molar-refractivity contribution is -0.144. The molecular weight excluding hydrogens is 406 g/mol. The molecular formula is C30H61NO2. The zero-order valence-electron chi connectivity index (χ0n) is 22.9. The Morgan fingerprint density at radius 3 is 1.18 bits per heavy atom. The minimum atomic E-state index is -0.281. The lowest BCUT2D eigenvalue weighted by atomic mass is 9.89. The van der Waals surface area contributed by atoms with Crippen molar-refractivity contribution in [1.29, 1.82) is 0 Å². The van der Waals surface area contributed by atoms with Crippen LogP contribution in [0.5, 0.6) is 0 Å². The van der Waals surface area contributed by atoms with Crippen LogP contribution in [0.1, 0.15) is 181 Å². The van der Waals surface area contributed by atoms with Crippen molar-refractivity contribution in [3.8, 4) is 0 Å². The van der Waals surface area contributed by atoms with Gasteiger partial charge >= 0.3 is 5.97 Å². The molecule has 0 aromatic rings. The molecule has 1 unspecified atom stereocenters. The first-order chi connectivity index (χ1) is 16.2. The van der Waals surface area contributed by atoms with Gasteiger partial charge in [-0.15, -0.1) is 0 Å². The average Bonchev–Trinajstić information content (AvgIpc) is 2.83. The summed E-state index contributed by atoms with van der Waals surface area (Å²) in [7, 11) is 0. The summed E-state index contributed by atoms with van der Waals surface area (Å²) >= 11 is 0. The van der Waals surface area contributed by atoms with Crippen LogP contribution < -0.4 is 5.90 Å². The third kappa shape index (κ3) is 25.9. The molecule has 0 aromatic carbocycles. The Morgan fingerprint density at radius 2 is 0.818 bits per heavy atom. The van der Waals surface area contributed by atoms with Crippen molar-refractivity contribution in [1.82, 2.24) is 0 Å². The molecule has 0 heterocycles. The predicted octanol–water partition coefficient (Wildman–Crippen LogP) is 10.2. The first-order valence-corrected chi connectivity index (χ1v) is 15.1. The second kappa shape index (κ2) is 27.7. The van der Waals surface area contributed by atoms with E-state index in [0.29, 0.717) is 6.42 Å². The van der Waals surface area contributed by atoms with Gasteiger partial charge in [0.15, 0.2) is 0 Å². The van der Waals surface area contributed by atoms with Gasteiger partial charge < -0.3 is 4.84 Å². The first-order valence-electron chi connectivity index (χ1n) is 15.1. The van der Waals surface area contributed by atoms with E-state index in [-0.39, 0.29) is 5.97 Å². The van der Waals surface area contributed by atoms with Crippen LogP contribution in [-0.2, 0) is 9.63 Å². The molecule has 1 atom stereocenters. The molecule has 0 aliphatic rings. The van der Waals surface area contributed by atoms with Crippen LogP contribution in [0.25, 0.3) is 0 Å². The van der Waals surface area contributed by atoms with E-state index in [1.54, 1.807) is 0 Å². The Bertz CT molecular complexity index is 385. The van der Waals surface area contributed by atoms with E-state index in [1.165, 1.54) is 148 Å². The molecule has 2 N–H and O–H groups in total. The fourth-order valence-corrected chi connectivity index (χ4v) is 5.04. The maximum absolute atomic E-state index is 11.0. The quantitative estimate of drug-likeness (QED) is 0.0965. The number of carbonyl (C=O) groups is 1. The molecule has 0 saturated carbocycles. The second-order valence-electron chi connectivity index (χ2n) is 10.5.